The van der Waals surface area contributed by atoms with Crippen LogP contribution in [0.2, 0.25) is 0 Å². The van der Waals surface area contributed by atoms with Crippen LogP contribution < -0.4 is 0 Å². The largest absolute Gasteiger partial charge is 0.302 e. The molecule has 1 aliphatic rings. The molecule has 1 aliphatic carbocycles. The summed E-state index contributed by atoms with van der Waals surface area (Å²) in [4.78, 5) is 14.9. The molecule has 1 heterocycles. The van der Waals surface area contributed by atoms with Gasteiger partial charge in [0, 0.05) is 12.4 Å². The first-order chi connectivity index (χ1) is 5.77. The van der Waals surface area contributed by atoms with Gasteiger partial charge in [-0.05, 0) is 30.9 Å². The van der Waals surface area contributed by atoms with E-state index in [-0.39, 0.29) is 5.41 Å². The molecule has 1 fully saturated rings. The van der Waals surface area contributed by atoms with Crippen LogP contribution in [-0.4, -0.2) is 11.3 Å². The zero-order chi connectivity index (χ0) is 8.60. The number of nitrogens with zero attached hydrogens (tertiary/aromatic N) is 1. The lowest BCUT2D eigenvalue weighted by Gasteiger charge is -2.06. The lowest BCUT2D eigenvalue weighted by atomic mass is 9.99. The van der Waals surface area contributed by atoms with Crippen molar-refractivity contribution in [1.29, 1.82) is 0 Å². The Balaban J connectivity index is 2.40. The van der Waals surface area contributed by atoms with Gasteiger partial charge in [0.1, 0.15) is 6.29 Å². The fraction of sp³-hybridized carbons (Fsp3) is 0.400. The van der Waals surface area contributed by atoms with Crippen molar-refractivity contribution in [2.24, 2.45) is 0 Å². The average Bonchev–Trinajstić information content (AvgIpc) is 2.84. The van der Waals surface area contributed by atoms with Crippen LogP contribution in [0.3, 0.4) is 0 Å². The second-order valence-electron chi connectivity index (χ2n) is 3.52. The highest BCUT2D eigenvalue weighted by atomic mass is 16.1. The van der Waals surface area contributed by atoms with Crippen LogP contribution in [0.15, 0.2) is 18.5 Å². The molecule has 12 heavy (non-hydrogen) atoms. The highest BCUT2D eigenvalue weighted by Gasteiger charge is 2.44. The van der Waals surface area contributed by atoms with Crippen LogP contribution in [0.25, 0.3) is 0 Å². The van der Waals surface area contributed by atoms with E-state index in [4.69, 9.17) is 0 Å². The van der Waals surface area contributed by atoms with Gasteiger partial charge in [0.05, 0.1) is 5.41 Å². The first-order valence-electron chi connectivity index (χ1n) is 4.15. The third-order valence-corrected chi connectivity index (χ3v) is 2.46. The Morgan fingerprint density at radius 1 is 1.50 bits per heavy atom. The van der Waals surface area contributed by atoms with Crippen LogP contribution >= 0.6 is 0 Å². The fourth-order valence-electron chi connectivity index (χ4n) is 1.44. The minimum absolute atomic E-state index is 0.168. The van der Waals surface area contributed by atoms with Crippen LogP contribution in [0.5, 0.6) is 0 Å². The minimum atomic E-state index is -0.168. The van der Waals surface area contributed by atoms with Crippen molar-refractivity contribution in [1.82, 2.24) is 4.98 Å². The van der Waals surface area contributed by atoms with Gasteiger partial charge in [-0.15, -0.1) is 0 Å². The van der Waals surface area contributed by atoms with Gasteiger partial charge in [-0.1, -0.05) is 6.07 Å². The van der Waals surface area contributed by atoms with E-state index in [2.05, 4.69) is 11.1 Å². The van der Waals surface area contributed by atoms with Crippen molar-refractivity contribution in [2.75, 3.05) is 0 Å². The Kier molecular flexibility index (Phi) is 1.50. The van der Waals surface area contributed by atoms with Crippen molar-refractivity contribution in [3.8, 4) is 0 Å². The molecule has 0 aliphatic heterocycles. The predicted molar refractivity (Wildman–Crippen MR) is 46.0 cm³/mol. The molecule has 1 aromatic heterocycles. The molecule has 2 rings (SSSR count). The molecule has 0 unspecified atom stereocenters. The number of aromatic nitrogens is 1. The van der Waals surface area contributed by atoms with E-state index in [1.807, 2.05) is 13.1 Å². The molecule has 0 N–H and O–H groups in total. The number of aldehydes is 1. The molecule has 0 bridgehead atoms. The number of rotatable bonds is 2. The highest BCUT2D eigenvalue weighted by molar-refractivity contribution is 5.72. The molecule has 62 valence electrons. The molecule has 0 saturated heterocycles. The Labute approximate surface area is 71.6 Å². The van der Waals surface area contributed by atoms with E-state index in [1.165, 1.54) is 0 Å². The molecule has 0 aromatic carbocycles. The third-order valence-electron chi connectivity index (χ3n) is 2.46. The maximum Gasteiger partial charge on any atom is 0.130 e. The average molecular weight is 161 g/mol. The smallest absolute Gasteiger partial charge is 0.130 e. The Bertz CT molecular complexity index is 315. The van der Waals surface area contributed by atoms with Crippen LogP contribution in [-0.2, 0) is 10.2 Å². The molecule has 2 nitrogen and oxygen atoms in total. The summed E-state index contributed by atoms with van der Waals surface area (Å²) in [7, 11) is 0. The summed E-state index contributed by atoms with van der Waals surface area (Å²) in [5.74, 6) is 0. The lowest BCUT2D eigenvalue weighted by Crippen LogP contribution is -2.08. The first-order valence-corrected chi connectivity index (χ1v) is 4.15. The summed E-state index contributed by atoms with van der Waals surface area (Å²) in [5.41, 5.74) is 2.04. The third kappa shape index (κ3) is 1.04. The molecule has 1 aromatic rings. The molecule has 0 radical (unpaired) electrons. The van der Waals surface area contributed by atoms with E-state index >= 15 is 0 Å². The quantitative estimate of drug-likeness (QED) is 0.617. The molecule has 2 heteroatoms. The normalized spacial score (nSPS) is 18.8. The summed E-state index contributed by atoms with van der Waals surface area (Å²) in [6.07, 6.45) is 6.64. The van der Waals surface area contributed by atoms with Crippen molar-refractivity contribution < 1.29 is 4.79 Å². The van der Waals surface area contributed by atoms with Gasteiger partial charge in [-0.25, -0.2) is 0 Å². The van der Waals surface area contributed by atoms with Gasteiger partial charge in [0.2, 0.25) is 0 Å². The van der Waals surface area contributed by atoms with Crippen molar-refractivity contribution in [3.05, 3.63) is 29.6 Å². The van der Waals surface area contributed by atoms with Crippen LogP contribution in [0.4, 0.5) is 0 Å². The number of hydrogen-bond acceptors (Lipinski definition) is 2. The van der Waals surface area contributed by atoms with Crippen LogP contribution in [0, 0.1) is 6.92 Å². The Morgan fingerprint density at radius 2 is 2.25 bits per heavy atom. The second kappa shape index (κ2) is 2.41. The monoisotopic (exact) mass is 161 g/mol. The Hall–Kier alpha value is -1.18. The zero-order valence-corrected chi connectivity index (χ0v) is 7.08. The standard InChI is InChI=1S/C10H11NO/c1-8-4-9(6-11-5-8)10(7-12)2-3-10/h4-7H,2-3H2,1H3. The van der Waals surface area contributed by atoms with Gasteiger partial charge in [-0.3, -0.25) is 4.98 Å². The van der Waals surface area contributed by atoms with Crippen molar-refractivity contribution >= 4 is 6.29 Å². The first kappa shape index (κ1) is 7.47. The predicted octanol–water partition coefficient (Wildman–Crippen LogP) is 1.62. The SMILES string of the molecule is Cc1cncc(C2(C=O)CC2)c1. The van der Waals surface area contributed by atoms with E-state index in [0.29, 0.717) is 0 Å². The number of carbonyl (C=O) groups excluding carboxylic acids is 1. The van der Waals surface area contributed by atoms with Crippen molar-refractivity contribution in [2.45, 2.75) is 25.2 Å². The van der Waals surface area contributed by atoms with E-state index in [1.54, 1.807) is 6.20 Å². The maximum atomic E-state index is 10.8. The summed E-state index contributed by atoms with van der Waals surface area (Å²) in [6, 6.07) is 2.05. The summed E-state index contributed by atoms with van der Waals surface area (Å²) >= 11 is 0. The molecular formula is C10H11NO. The highest BCUT2D eigenvalue weighted by Crippen LogP contribution is 2.45. The maximum absolute atomic E-state index is 10.8. The molecule has 0 amide bonds. The molecule has 1 saturated carbocycles. The van der Waals surface area contributed by atoms with Crippen LogP contribution in [0.1, 0.15) is 24.0 Å². The molecule has 0 atom stereocenters. The van der Waals surface area contributed by atoms with Gasteiger partial charge in [-0.2, -0.15) is 0 Å². The number of carbonyl (C=O) groups is 1. The summed E-state index contributed by atoms with van der Waals surface area (Å²) in [6.45, 7) is 2.00. The van der Waals surface area contributed by atoms with Crippen molar-refractivity contribution in [3.63, 3.8) is 0 Å². The van der Waals surface area contributed by atoms with E-state index < -0.39 is 0 Å². The fourth-order valence-corrected chi connectivity index (χ4v) is 1.44. The topological polar surface area (TPSA) is 30.0 Å². The summed E-state index contributed by atoms with van der Waals surface area (Å²) in [5, 5.41) is 0. The number of hydrogen-bond donors (Lipinski definition) is 0. The van der Waals surface area contributed by atoms with E-state index in [9.17, 15) is 4.79 Å². The van der Waals surface area contributed by atoms with Gasteiger partial charge < -0.3 is 4.79 Å². The van der Waals surface area contributed by atoms with E-state index in [0.717, 1.165) is 30.3 Å². The summed E-state index contributed by atoms with van der Waals surface area (Å²) < 4.78 is 0. The van der Waals surface area contributed by atoms with Gasteiger partial charge in [0.25, 0.3) is 0 Å². The lowest BCUT2D eigenvalue weighted by molar-refractivity contribution is -0.109. The number of pyridine rings is 1. The molecular weight excluding hydrogens is 150 g/mol. The Morgan fingerprint density at radius 3 is 2.75 bits per heavy atom. The van der Waals surface area contributed by atoms with Gasteiger partial charge in [0.15, 0.2) is 0 Å². The molecule has 0 spiro atoms. The minimum Gasteiger partial charge on any atom is -0.302 e. The zero-order valence-electron chi connectivity index (χ0n) is 7.08. The second-order valence-corrected chi connectivity index (χ2v) is 3.52. The van der Waals surface area contributed by atoms with Gasteiger partial charge >= 0.3 is 0 Å². The number of aryl methyl sites for hydroxylation is 1.